The van der Waals surface area contributed by atoms with Crippen molar-refractivity contribution in [3.8, 4) is 0 Å². The van der Waals surface area contributed by atoms with E-state index in [1.165, 1.54) is 5.56 Å². The van der Waals surface area contributed by atoms with Crippen LogP contribution < -0.4 is 5.32 Å². The lowest BCUT2D eigenvalue weighted by atomic mass is 10.1. The molecule has 1 aromatic carbocycles. The Balaban J connectivity index is 1.70. The summed E-state index contributed by atoms with van der Waals surface area (Å²) in [5.74, 6) is -0.205. The number of piperazine rings is 1. The van der Waals surface area contributed by atoms with Crippen LogP contribution in [0.2, 0.25) is 0 Å². The molecule has 7 nitrogen and oxygen atoms in total. The van der Waals surface area contributed by atoms with E-state index in [9.17, 15) is 9.59 Å². The van der Waals surface area contributed by atoms with Gasteiger partial charge >= 0.3 is 0 Å². The van der Waals surface area contributed by atoms with Crippen LogP contribution in [0.4, 0.5) is 0 Å². The molecule has 0 spiro atoms. The number of aryl methyl sites for hydroxylation is 2. The number of hydrogen-bond acceptors (Lipinski definition) is 4. The summed E-state index contributed by atoms with van der Waals surface area (Å²) >= 11 is 0. The molecule has 0 aliphatic carbocycles. The maximum atomic E-state index is 12.9. The highest BCUT2D eigenvalue weighted by Gasteiger charge is 2.35. The van der Waals surface area contributed by atoms with Crippen LogP contribution in [0.25, 0.3) is 0 Å². The standard InChI is InChI=1S/C20H27N5O2/c1-15-11-16(2)25(22-15)14-19(26)24-10-9-23(13-18(24)20(27)21-3)12-17-7-5-4-6-8-17/h4-8,11,18H,9-10,12-14H2,1-3H3,(H,21,27). The normalized spacial score (nSPS) is 17.7. The van der Waals surface area contributed by atoms with Crippen LogP contribution in [0.1, 0.15) is 17.0 Å². The Morgan fingerprint density at radius 3 is 2.56 bits per heavy atom. The minimum Gasteiger partial charge on any atom is -0.357 e. The number of aromatic nitrogens is 2. The molecule has 7 heteroatoms. The van der Waals surface area contributed by atoms with E-state index >= 15 is 0 Å². The number of carbonyl (C=O) groups excluding carboxylic acids is 2. The highest BCUT2D eigenvalue weighted by atomic mass is 16.2. The summed E-state index contributed by atoms with van der Waals surface area (Å²) in [5.41, 5.74) is 3.03. The van der Waals surface area contributed by atoms with Gasteiger partial charge in [0.1, 0.15) is 12.6 Å². The van der Waals surface area contributed by atoms with Crippen LogP contribution in [-0.2, 0) is 22.7 Å². The Morgan fingerprint density at radius 2 is 1.93 bits per heavy atom. The van der Waals surface area contributed by atoms with E-state index < -0.39 is 6.04 Å². The first-order valence-electron chi connectivity index (χ1n) is 9.26. The predicted molar refractivity (Wildman–Crippen MR) is 103 cm³/mol. The van der Waals surface area contributed by atoms with Crippen molar-refractivity contribution in [2.45, 2.75) is 33.0 Å². The monoisotopic (exact) mass is 369 g/mol. The van der Waals surface area contributed by atoms with Gasteiger partial charge in [0.15, 0.2) is 0 Å². The fourth-order valence-corrected chi connectivity index (χ4v) is 3.57. The molecule has 1 N–H and O–H groups in total. The zero-order chi connectivity index (χ0) is 19.4. The van der Waals surface area contributed by atoms with Gasteiger partial charge in [0.2, 0.25) is 11.8 Å². The van der Waals surface area contributed by atoms with Crippen molar-refractivity contribution in [2.75, 3.05) is 26.7 Å². The third kappa shape index (κ3) is 4.54. The fraction of sp³-hybridized carbons (Fsp3) is 0.450. The number of carbonyl (C=O) groups is 2. The van der Waals surface area contributed by atoms with Gasteiger partial charge in [-0.2, -0.15) is 5.10 Å². The van der Waals surface area contributed by atoms with Gasteiger partial charge in [-0.1, -0.05) is 30.3 Å². The Bertz CT molecular complexity index is 802. The fourth-order valence-electron chi connectivity index (χ4n) is 3.57. The van der Waals surface area contributed by atoms with E-state index in [2.05, 4.69) is 27.4 Å². The summed E-state index contributed by atoms with van der Waals surface area (Å²) in [5, 5.41) is 7.07. The lowest BCUT2D eigenvalue weighted by Gasteiger charge is -2.40. The molecule has 0 saturated carbocycles. The second-order valence-corrected chi connectivity index (χ2v) is 7.02. The van der Waals surface area contributed by atoms with Gasteiger partial charge in [-0.25, -0.2) is 0 Å². The number of rotatable bonds is 5. The third-order valence-electron chi connectivity index (χ3n) is 4.97. The van der Waals surface area contributed by atoms with E-state index in [4.69, 9.17) is 0 Å². The van der Waals surface area contributed by atoms with E-state index in [-0.39, 0.29) is 18.4 Å². The minimum atomic E-state index is -0.489. The van der Waals surface area contributed by atoms with Crippen molar-refractivity contribution >= 4 is 11.8 Å². The van der Waals surface area contributed by atoms with Gasteiger partial charge in [0.05, 0.1) is 5.69 Å². The van der Waals surface area contributed by atoms with Crippen LogP contribution in [0.15, 0.2) is 36.4 Å². The molecule has 1 aliphatic rings. The number of benzene rings is 1. The molecule has 0 bridgehead atoms. The van der Waals surface area contributed by atoms with Crippen LogP contribution in [0, 0.1) is 13.8 Å². The molecule has 0 radical (unpaired) electrons. The summed E-state index contributed by atoms with van der Waals surface area (Å²) < 4.78 is 1.70. The molecular formula is C20H27N5O2. The molecule has 1 unspecified atom stereocenters. The minimum absolute atomic E-state index is 0.0749. The second kappa shape index (κ2) is 8.35. The second-order valence-electron chi connectivity index (χ2n) is 7.02. The highest BCUT2D eigenvalue weighted by Crippen LogP contribution is 2.15. The first kappa shape index (κ1) is 19.1. The van der Waals surface area contributed by atoms with Gasteiger partial charge in [-0.3, -0.25) is 19.2 Å². The molecule has 3 rings (SSSR count). The summed E-state index contributed by atoms with van der Waals surface area (Å²) in [4.78, 5) is 29.3. The van der Waals surface area contributed by atoms with E-state index in [0.29, 0.717) is 13.1 Å². The van der Waals surface area contributed by atoms with Crippen LogP contribution in [-0.4, -0.2) is 64.1 Å². The summed E-state index contributed by atoms with van der Waals surface area (Å²) in [6.45, 7) is 6.57. The van der Waals surface area contributed by atoms with E-state index in [0.717, 1.165) is 24.5 Å². The average molecular weight is 369 g/mol. The van der Waals surface area contributed by atoms with Gasteiger partial charge < -0.3 is 10.2 Å². The predicted octanol–water partition coefficient (Wildman–Crippen LogP) is 0.959. The summed E-state index contributed by atoms with van der Waals surface area (Å²) in [6.07, 6.45) is 0. The molecule has 2 heterocycles. The Morgan fingerprint density at radius 1 is 1.19 bits per heavy atom. The maximum absolute atomic E-state index is 12.9. The first-order valence-corrected chi connectivity index (χ1v) is 9.26. The lowest BCUT2D eigenvalue weighted by Crippen LogP contribution is -2.60. The molecule has 144 valence electrons. The zero-order valence-electron chi connectivity index (χ0n) is 16.2. The van der Waals surface area contributed by atoms with Gasteiger partial charge in [0, 0.05) is 38.9 Å². The Kier molecular flexibility index (Phi) is 5.91. The van der Waals surface area contributed by atoms with Crippen LogP contribution in [0.3, 0.4) is 0 Å². The first-order chi connectivity index (χ1) is 13.0. The number of hydrogen-bond donors (Lipinski definition) is 1. The molecule has 27 heavy (non-hydrogen) atoms. The van der Waals surface area contributed by atoms with Crippen molar-refractivity contribution in [1.82, 2.24) is 24.9 Å². The molecule has 1 fully saturated rings. The lowest BCUT2D eigenvalue weighted by molar-refractivity contribution is -0.144. The smallest absolute Gasteiger partial charge is 0.245 e. The molecule has 1 aliphatic heterocycles. The molecule has 1 atom stereocenters. The van der Waals surface area contributed by atoms with Gasteiger partial charge in [-0.15, -0.1) is 0 Å². The van der Waals surface area contributed by atoms with Crippen LogP contribution >= 0.6 is 0 Å². The third-order valence-corrected chi connectivity index (χ3v) is 4.97. The molecule has 1 saturated heterocycles. The van der Waals surface area contributed by atoms with Gasteiger partial charge in [-0.05, 0) is 25.5 Å². The number of likely N-dealkylation sites (N-methyl/N-ethyl adjacent to an activating group) is 1. The van der Waals surface area contributed by atoms with Crippen molar-refractivity contribution < 1.29 is 9.59 Å². The molecule has 2 aromatic rings. The summed E-state index contributed by atoms with van der Waals surface area (Å²) in [6, 6.07) is 11.6. The van der Waals surface area contributed by atoms with Crippen molar-refractivity contribution in [3.05, 3.63) is 53.3 Å². The van der Waals surface area contributed by atoms with Gasteiger partial charge in [0.25, 0.3) is 0 Å². The Labute approximate surface area is 159 Å². The number of amides is 2. The summed E-state index contributed by atoms with van der Waals surface area (Å²) in [7, 11) is 1.61. The van der Waals surface area contributed by atoms with Crippen molar-refractivity contribution in [2.24, 2.45) is 0 Å². The van der Waals surface area contributed by atoms with E-state index in [1.54, 1.807) is 16.6 Å². The molecular weight excluding hydrogens is 342 g/mol. The maximum Gasteiger partial charge on any atom is 0.245 e. The molecule has 2 amide bonds. The SMILES string of the molecule is CNC(=O)C1CN(Cc2ccccc2)CCN1C(=O)Cn1nc(C)cc1C. The number of nitrogens with one attached hydrogen (secondary N) is 1. The quantitative estimate of drug-likeness (QED) is 0.852. The zero-order valence-corrected chi connectivity index (χ0v) is 16.2. The van der Waals surface area contributed by atoms with Crippen molar-refractivity contribution in [1.29, 1.82) is 0 Å². The van der Waals surface area contributed by atoms with Crippen LogP contribution in [0.5, 0.6) is 0 Å². The van der Waals surface area contributed by atoms with E-state index in [1.807, 2.05) is 38.1 Å². The highest BCUT2D eigenvalue weighted by molar-refractivity contribution is 5.88. The average Bonchev–Trinajstić information content (AvgIpc) is 2.98. The Hall–Kier alpha value is -2.67. The van der Waals surface area contributed by atoms with Crippen molar-refractivity contribution in [3.63, 3.8) is 0 Å². The molecule has 1 aromatic heterocycles. The largest absolute Gasteiger partial charge is 0.357 e. The number of nitrogens with zero attached hydrogens (tertiary/aromatic N) is 4. The topological polar surface area (TPSA) is 70.5 Å².